The van der Waals surface area contributed by atoms with Crippen LogP contribution in [0.4, 0.5) is 9.59 Å². The number of hydrogen-bond donors (Lipinski definition) is 1. The van der Waals surface area contributed by atoms with Gasteiger partial charge >= 0.3 is 12.1 Å². The van der Waals surface area contributed by atoms with Gasteiger partial charge in [-0.05, 0) is 33.6 Å². The average Bonchev–Trinajstić information content (AvgIpc) is 2.70. The van der Waals surface area contributed by atoms with Crippen LogP contribution in [0.25, 0.3) is 0 Å². The summed E-state index contributed by atoms with van der Waals surface area (Å²) in [7, 11) is 0. The second-order valence-electron chi connectivity index (χ2n) is 6.60. The predicted octanol–water partition coefficient (Wildman–Crippen LogP) is 2.56. The lowest BCUT2D eigenvalue weighted by Gasteiger charge is -2.31. The van der Waals surface area contributed by atoms with E-state index in [-0.39, 0.29) is 17.6 Å². The highest BCUT2D eigenvalue weighted by molar-refractivity contribution is 5.95. The van der Waals surface area contributed by atoms with Crippen LogP contribution in [-0.2, 0) is 0 Å². The summed E-state index contributed by atoms with van der Waals surface area (Å²) in [5.41, 5.74) is -0.310. The summed E-state index contributed by atoms with van der Waals surface area (Å²) >= 11 is 0. The van der Waals surface area contributed by atoms with Gasteiger partial charge in [0.05, 0.1) is 0 Å². The van der Waals surface area contributed by atoms with E-state index in [9.17, 15) is 9.59 Å². The minimum Gasteiger partial charge on any atom is -0.333 e. The molecule has 1 saturated carbocycles. The topological polar surface area (TPSA) is 52.7 Å². The smallest absolute Gasteiger partial charge is 0.328 e. The van der Waals surface area contributed by atoms with Crippen molar-refractivity contribution >= 4 is 12.1 Å². The summed E-state index contributed by atoms with van der Waals surface area (Å²) in [5, 5.41) is 2.85. The second-order valence-corrected chi connectivity index (χ2v) is 6.60. The maximum Gasteiger partial charge on any atom is 0.328 e. The molecule has 1 heterocycles. The zero-order valence-electron chi connectivity index (χ0n) is 12.2. The Morgan fingerprint density at radius 1 is 1.16 bits per heavy atom. The molecule has 0 unspecified atom stereocenters. The van der Waals surface area contributed by atoms with Crippen LogP contribution in [0.1, 0.15) is 52.9 Å². The molecule has 0 aromatic heterocycles. The van der Waals surface area contributed by atoms with Gasteiger partial charge in [0.15, 0.2) is 0 Å². The first-order valence-corrected chi connectivity index (χ1v) is 7.29. The molecule has 2 rings (SSSR count). The van der Waals surface area contributed by atoms with Crippen LogP contribution >= 0.6 is 0 Å². The third kappa shape index (κ3) is 3.39. The molecule has 5 heteroatoms. The van der Waals surface area contributed by atoms with E-state index in [0.29, 0.717) is 19.1 Å². The van der Waals surface area contributed by atoms with Crippen LogP contribution in [0, 0.1) is 0 Å². The van der Waals surface area contributed by atoms with Crippen LogP contribution in [0.3, 0.4) is 0 Å². The summed E-state index contributed by atoms with van der Waals surface area (Å²) < 4.78 is 0. The number of imide groups is 1. The highest BCUT2D eigenvalue weighted by Crippen LogP contribution is 2.25. The first-order chi connectivity index (χ1) is 8.88. The molecule has 1 aliphatic carbocycles. The predicted molar refractivity (Wildman–Crippen MR) is 74.0 cm³/mol. The maximum atomic E-state index is 12.3. The Kier molecular flexibility index (Phi) is 4.02. The number of amides is 4. The molecule has 108 valence electrons. The second kappa shape index (κ2) is 5.39. The normalized spacial score (nSPS) is 21.9. The van der Waals surface area contributed by atoms with Gasteiger partial charge in [-0.3, -0.25) is 0 Å². The van der Waals surface area contributed by atoms with Gasteiger partial charge in [-0.15, -0.1) is 0 Å². The first-order valence-electron chi connectivity index (χ1n) is 7.29. The van der Waals surface area contributed by atoms with Crippen molar-refractivity contribution in [3.63, 3.8) is 0 Å². The molecule has 2 aliphatic rings. The molecule has 5 nitrogen and oxygen atoms in total. The number of nitrogens with zero attached hydrogens (tertiary/aromatic N) is 2. The number of carbonyl (C=O) groups excluding carboxylic acids is 2. The molecule has 0 aromatic carbocycles. The average molecular weight is 267 g/mol. The Bertz CT molecular complexity index is 356. The summed E-state index contributed by atoms with van der Waals surface area (Å²) in [5.74, 6) is 0. The number of hydrogen-bond acceptors (Lipinski definition) is 2. The molecule has 2 fully saturated rings. The Balaban J connectivity index is 1.95. The zero-order chi connectivity index (χ0) is 14.0. The standard InChI is InChI=1S/C14H25N3O2/c1-14(2,3)15-12(18)17-10-9-16(13(17)19)11-7-5-4-6-8-11/h11H,4-10H2,1-3H3,(H,15,18). The number of nitrogens with one attached hydrogen (secondary N) is 1. The van der Waals surface area contributed by atoms with Crippen LogP contribution in [-0.4, -0.2) is 46.5 Å². The van der Waals surface area contributed by atoms with Gasteiger partial charge in [-0.1, -0.05) is 19.3 Å². The van der Waals surface area contributed by atoms with Crippen LogP contribution in [0.15, 0.2) is 0 Å². The minimum absolute atomic E-state index is 0.117. The lowest BCUT2D eigenvalue weighted by molar-refractivity contribution is 0.161. The van der Waals surface area contributed by atoms with Crippen molar-refractivity contribution in [3.8, 4) is 0 Å². The van der Waals surface area contributed by atoms with E-state index in [4.69, 9.17) is 0 Å². The SMILES string of the molecule is CC(C)(C)NC(=O)N1CCN(C2CCCCC2)C1=O. The summed E-state index contributed by atoms with van der Waals surface area (Å²) in [6.45, 7) is 6.96. The van der Waals surface area contributed by atoms with Gasteiger partial charge in [0.2, 0.25) is 0 Å². The van der Waals surface area contributed by atoms with Gasteiger partial charge in [0.1, 0.15) is 0 Å². The van der Waals surface area contributed by atoms with Crippen molar-refractivity contribution < 1.29 is 9.59 Å². The van der Waals surface area contributed by atoms with E-state index in [2.05, 4.69) is 5.32 Å². The molecule has 0 radical (unpaired) electrons. The van der Waals surface area contributed by atoms with Crippen molar-refractivity contribution in [2.45, 2.75) is 64.5 Å². The van der Waals surface area contributed by atoms with Crippen LogP contribution in [0.2, 0.25) is 0 Å². The zero-order valence-corrected chi connectivity index (χ0v) is 12.2. The largest absolute Gasteiger partial charge is 0.333 e. The van der Waals surface area contributed by atoms with E-state index in [1.54, 1.807) is 0 Å². The Morgan fingerprint density at radius 2 is 1.79 bits per heavy atom. The molecule has 0 aromatic rings. The molecule has 19 heavy (non-hydrogen) atoms. The van der Waals surface area contributed by atoms with E-state index in [0.717, 1.165) is 12.8 Å². The monoisotopic (exact) mass is 267 g/mol. The van der Waals surface area contributed by atoms with E-state index in [1.807, 2.05) is 25.7 Å². The van der Waals surface area contributed by atoms with Gasteiger partial charge in [0.25, 0.3) is 0 Å². The fourth-order valence-corrected chi connectivity index (χ4v) is 2.86. The molecule has 1 aliphatic heterocycles. The molecule has 1 saturated heterocycles. The fourth-order valence-electron chi connectivity index (χ4n) is 2.86. The quantitative estimate of drug-likeness (QED) is 0.794. The van der Waals surface area contributed by atoms with E-state index in [1.165, 1.54) is 24.2 Å². The first kappa shape index (κ1) is 14.2. The lowest BCUT2D eigenvalue weighted by atomic mass is 9.94. The van der Waals surface area contributed by atoms with Gasteiger partial charge < -0.3 is 10.2 Å². The maximum absolute atomic E-state index is 12.3. The number of carbonyl (C=O) groups is 2. The Morgan fingerprint density at radius 3 is 2.37 bits per heavy atom. The minimum atomic E-state index is -0.310. The van der Waals surface area contributed by atoms with Crippen LogP contribution in [0.5, 0.6) is 0 Å². The molecule has 4 amide bonds. The van der Waals surface area contributed by atoms with Crippen molar-refractivity contribution in [1.29, 1.82) is 0 Å². The van der Waals surface area contributed by atoms with Gasteiger partial charge in [-0.25, -0.2) is 14.5 Å². The molecule has 0 atom stereocenters. The molecule has 0 spiro atoms. The molecular formula is C14H25N3O2. The van der Waals surface area contributed by atoms with Crippen LogP contribution < -0.4 is 5.32 Å². The molecular weight excluding hydrogens is 242 g/mol. The van der Waals surface area contributed by atoms with Gasteiger partial charge in [0, 0.05) is 24.7 Å². The molecule has 1 N–H and O–H groups in total. The van der Waals surface area contributed by atoms with E-state index >= 15 is 0 Å². The van der Waals surface area contributed by atoms with Crippen molar-refractivity contribution in [2.75, 3.05) is 13.1 Å². The van der Waals surface area contributed by atoms with Crippen molar-refractivity contribution in [1.82, 2.24) is 15.1 Å². The third-order valence-electron chi connectivity index (χ3n) is 3.78. The number of urea groups is 2. The summed E-state index contributed by atoms with van der Waals surface area (Å²) in [4.78, 5) is 27.6. The van der Waals surface area contributed by atoms with Gasteiger partial charge in [-0.2, -0.15) is 0 Å². The Hall–Kier alpha value is -1.26. The molecule has 0 bridgehead atoms. The lowest BCUT2D eigenvalue weighted by Crippen LogP contribution is -2.50. The highest BCUT2D eigenvalue weighted by Gasteiger charge is 2.38. The highest BCUT2D eigenvalue weighted by atomic mass is 16.2. The van der Waals surface area contributed by atoms with Crippen molar-refractivity contribution in [2.24, 2.45) is 0 Å². The fraction of sp³-hybridized carbons (Fsp3) is 0.857. The van der Waals surface area contributed by atoms with Crippen molar-refractivity contribution in [3.05, 3.63) is 0 Å². The number of rotatable bonds is 1. The summed E-state index contributed by atoms with van der Waals surface area (Å²) in [6, 6.07) is -0.0434. The Labute approximate surface area is 115 Å². The third-order valence-corrected chi connectivity index (χ3v) is 3.78. The van der Waals surface area contributed by atoms with E-state index < -0.39 is 0 Å². The summed E-state index contributed by atoms with van der Waals surface area (Å²) in [6.07, 6.45) is 5.83.